The van der Waals surface area contributed by atoms with Gasteiger partial charge < -0.3 is 4.74 Å². The van der Waals surface area contributed by atoms with E-state index in [1.165, 1.54) is 0 Å². The number of rotatable bonds is 2. The number of pyridine rings is 1. The van der Waals surface area contributed by atoms with Crippen LogP contribution in [0.15, 0.2) is 28.9 Å². The van der Waals surface area contributed by atoms with Crippen molar-refractivity contribution in [1.82, 2.24) is 4.98 Å². The lowest BCUT2D eigenvalue weighted by Gasteiger charge is -2.02. The number of ether oxygens (including phenoxy) is 1. The summed E-state index contributed by atoms with van der Waals surface area (Å²) in [5, 5.41) is 0. The molecule has 0 spiro atoms. The standard InChI is InChI=1S/C12H12N2O2/c1-2-16-12(15)10-5-7-14-11-9(8-10)4-3-6-13-11/h3-4,6-8H,2,5H2,1H3. The SMILES string of the molecule is CCOC(=O)C1=Cc2cccnc2N=CC1. The van der Waals surface area contributed by atoms with Gasteiger partial charge in [-0.15, -0.1) is 0 Å². The molecule has 0 aromatic carbocycles. The summed E-state index contributed by atoms with van der Waals surface area (Å²) in [5.41, 5.74) is 1.46. The fourth-order valence-corrected chi connectivity index (χ4v) is 1.47. The van der Waals surface area contributed by atoms with E-state index in [9.17, 15) is 4.79 Å². The van der Waals surface area contributed by atoms with Crippen LogP contribution in [0.5, 0.6) is 0 Å². The molecule has 82 valence electrons. The predicted molar refractivity (Wildman–Crippen MR) is 61.6 cm³/mol. The number of carbonyl (C=O) groups is 1. The molecule has 1 aliphatic rings. The maximum absolute atomic E-state index is 11.6. The van der Waals surface area contributed by atoms with Gasteiger partial charge in [-0.3, -0.25) is 0 Å². The van der Waals surface area contributed by atoms with E-state index >= 15 is 0 Å². The summed E-state index contributed by atoms with van der Waals surface area (Å²) in [5.74, 6) is 0.354. The number of carbonyl (C=O) groups excluding carboxylic acids is 1. The van der Waals surface area contributed by atoms with E-state index in [1.807, 2.05) is 12.1 Å². The number of aromatic nitrogens is 1. The molecule has 1 aliphatic heterocycles. The van der Waals surface area contributed by atoms with Crippen molar-refractivity contribution < 1.29 is 9.53 Å². The third-order valence-corrected chi connectivity index (χ3v) is 2.21. The van der Waals surface area contributed by atoms with Crippen molar-refractivity contribution in [3.8, 4) is 0 Å². The van der Waals surface area contributed by atoms with E-state index in [2.05, 4.69) is 9.98 Å². The van der Waals surface area contributed by atoms with Crippen LogP contribution < -0.4 is 0 Å². The molecule has 0 fully saturated rings. The summed E-state index contributed by atoms with van der Waals surface area (Å²) in [7, 11) is 0. The van der Waals surface area contributed by atoms with E-state index in [1.54, 1.807) is 25.4 Å². The van der Waals surface area contributed by atoms with Crippen LogP contribution >= 0.6 is 0 Å². The Kier molecular flexibility index (Phi) is 3.10. The molecule has 2 rings (SSSR count). The zero-order valence-corrected chi connectivity index (χ0v) is 9.01. The topological polar surface area (TPSA) is 51.5 Å². The van der Waals surface area contributed by atoms with Crippen LogP contribution in [0.3, 0.4) is 0 Å². The van der Waals surface area contributed by atoms with E-state index < -0.39 is 0 Å². The maximum atomic E-state index is 11.6. The molecule has 0 unspecified atom stereocenters. The summed E-state index contributed by atoms with van der Waals surface area (Å²) in [6, 6.07) is 3.70. The lowest BCUT2D eigenvalue weighted by Crippen LogP contribution is -2.07. The van der Waals surface area contributed by atoms with Gasteiger partial charge in [0.25, 0.3) is 0 Å². The Morgan fingerprint density at radius 2 is 2.44 bits per heavy atom. The monoisotopic (exact) mass is 216 g/mol. The molecular formula is C12H12N2O2. The van der Waals surface area contributed by atoms with Crippen LogP contribution in [0.1, 0.15) is 18.9 Å². The van der Waals surface area contributed by atoms with E-state index in [4.69, 9.17) is 4.74 Å². The van der Waals surface area contributed by atoms with Crippen LogP contribution in [-0.2, 0) is 9.53 Å². The molecule has 4 nitrogen and oxygen atoms in total. The van der Waals surface area contributed by atoms with Crippen molar-refractivity contribution in [3.63, 3.8) is 0 Å². The molecule has 0 amide bonds. The van der Waals surface area contributed by atoms with Crippen molar-refractivity contribution in [2.45, 2.75) is 13.3 Å². The second kappa shape index (κ2) is 4.70. The molecular weight excluding hydrogens is 204 g/mol. The Morgan fingerprint density at radius 3 is 3.25 bits per heavy atom. The van der Waals surface area contributed by atoms with Crippen LogP contribution in [0.2, 0.25) is 0 Å². The Labute approximate surface area is 93.7 Å². The number of aliphatic imine (C=N–C) groups is 1. The Morgan fingerprint density at radius 1 is 1.56 bits per heavy atom. The van der Waals surface area contributed by atoms with Gasteiger partial charge in [0.05, 0.1) is 6.61 Å². The number of hydrogen-bond donors (Lipinski definition) is 0. The van der Waals surface area contributed by atoms with Crippen molar-refractivity contribution in [3.05, 3.63) is 29.5 Å². The zero-order valence-electron chi connectivity index (χ0n) is 9.01. The van der Waals surface area contributed by atoms with E-state index in [0.29, 0.717) is 24.4 Å². The Bertz CT molecular complexity index is 464. The number of hydrogen-bond acceptors (Lipinski definition) is 4. The van der Waals surface area contributed by atoms with Crippen LogP contribution in [-0.4, -0.2) is 23.8 Å². The largest absolute Gasteiger partial charge is 0.463 e. The van der Waals surface area contributed by atoms with Gasteiger partial charge in [-0.05, 0) is 25.1 Å². The van der Waals surface area contributed by atoms with Crippen molar-refractivity contribution in [2.75, 3.05) is 6.61 Å². The third kappa shape index (κ3) is 2.16. The van der Waals surface area contributed by atoms with Crippen LogP contribution in [0.4, 0.5) is 5.82 Å². The second-order valence-corrected chi connectivity index (χ2v) is 3.32. The average Bonchev–Trinajstić information content (AvgIpc) is 2.51. The van der Waals surface area contributed by atoms with E-state index in [-0.39, 0.29) is 5.97 Å². The first kappa shape index (κ1) is 10.5. The molecule has 0 saturated heterocycles. The molecule has 0 aliphatic carbocycles. The summed E-state index contributed by atoms with van der Waals surface area (Å²) >= 11 is 0. The molecule has 1 aromatic heterocycles. The van der Waals surface area contributed by atoms with Gasteiger partial charge in [-0.2, -0.15) is 0 Å². The predicted octanol–water partition coefficient (Wildman–Crippen LogP) is 2.13. The van der Waals surface area contributed by atoms with Gasteiger partial charge in [-0.1, -0.05) is 0 Å². The minimum absolute atomic E-state index is 0.286. The van der Waals surface area contributed by atoms with Crippen molar-refractivity contribution in [1.29, 1.82) is 0 Å². The maximum Gasteiger partial charge on any atom is 0.334 e. The Hall–Kier alpha value is -1.97. The van der Waals surface area contributed by atoms with Gasteiger partial charge in [0, 0.05) is 30.0 Å². The lowest BCUT2D eigenvalue weighted by molar-refractivity contribution is -0.138. The quantitative estimate of drug-likeness (QED) is 0.711. The van der Waals surface area contributed by atoms with Gasteiger partial charge in [0.2, 0.25) is 0 Å². The van der Waals surface area contributed by atoms with Gasteiger partial charge >= 0.3 is 5.97 Å². The molecule has 4 heteroatoms. The normalized spacial score (nSPS) is 13.7. The van der Waals surface area contributed by atoms with Gasteiger partial charge in [-0.25, -0.2) is 14.8 Å². The molecule has 0 bridgehead atoms. The molecule has 1 aromatic rings. The lowest BCUT2D eigenvalue weighted by atomic mass is 10.1. The summed E-state index contributed by atoms with van der Waals surface area (Å²) in [6.45, 7) is 2.17. The molecule has 0 N–H and O–H groups in total. The van der Waals surface area contributed by atoms with E-state index in [0.717, 1.165) is 5.56 Å². The molecule has 2 heterocycles. The fourth-order valence-electron chi connectivity index (χ4n) is 1.47. The number of esters is 1. The number of fused-ring (bicyclic) bond motifs is 1. The highest BCUT2D eigenvalue weighted by Gasteiger charge is 2.13. The second-order valence-electron chi connectivity index (χ2n) is 3.32. The van der Waals surface area contributed by atoms with Gasteiger partial charge in [0.1, 0.15) is 0 Å². The highest BCUT2D eigenvalue weighted by atomic mass is 16.5. The first-order valence-corrected chi connectivity index (χ1v) is 5.16. The molecule has 16 heavy (non-hydrogen) atoms. The molecule has 0 radical (unpaired) electrons. The van der Waals surface area contributed by atoms with Gasteiger partial charge in [0.15, 0.2) is 5.82 Å². The summed E-state index contributed by atoms with van der Waals surface area (Å²) in [4.78, 5) is 19.9. The number of nitrogens with zero attached hydrogens (tertiary/aromatic N) is 2. The summed E-state index contributed by atoms with van der Waals surface area (Å²) < 4.78 is 4.96. The first-order valence-electron chi connectivity index (χ1n) is 5.16. The van der Waals surface area contributed by atoms with Crippen molar-refractivity contribution >= 4 is 24.1 Å². The van der Waals surface area contributed by atoms with Crippen molar-refractivity contribution in [2.24, 2.45) is 4.99 Å². The highest BCUT2D eigenvalue weighted by Crippen LogP contribution is 2.22. The van der Waals surface area contributed by atoms with Crippen LogP contribution in [0, 0.1) is 0 Å². The minimum atomic E-state index is -0.286. The molecule has 0 saturated carbocycles. The smallest absolute Gasteiger partial charge is 0.334 e. The minimum Gasteiger partial charge on any atom is -0.463 e. The third-order valence-electron chi connectivity index (χ3n) is 2.21. The Balaban J connectivity index is 2.34. The highest BCUT2D eigenvalue weighted by molar-refractivity contribution is 5.98. The van der Waals surface area contributed by atoms with Crippen LogP contribution in [0.25, 0.3) is 6.08 Å². The summed E-state index contributed by atoms with van der Waals surface area (Å²) in [6.07, 6.45) is 5.63. The molecule has 0 atom stereocenters. The fraction of sp³-hybridized carbons (Fsp3) is 0.250. The first-order chi connectivity index (χ1) is 7.81. The zero-order chi connectivity index (χ0) is 11.4. The average molecular weight is 216 g/mol.